The van der Waals surface area contributed by atoms with Crippen LogP contribution < -0.4 is 5.32 Å². The van der Waals surface area contributed by atoms with Crippen molar-refractivity contribution in [3.63, 3.8) is 0 Å². The van der Waals surface area contributed by atoms with E-state index in [-0.39, 0.29) is 11.7 Å². The summed E-state index contributed by atoms with van der Waals surface area (Å²) < 4.78 is 5.00. The highest BCUT2D eigenvalue weighted by Crippen LogP contribution is 2.17. The summed E-state index contributed by atoms with van der Waals surface area (Å²) in [6.45, 7) is 1.65. The zero-order chi connectivity index (χ0) is 13.0. The number of nitrogens with one attached hydrogen (secondary N) is 1. The van der Waals surface area contributed by atoms with E-state index in [0.29, 0.717) is 17.0 Å². The quantitative estimate of drug-likeness (QED) is 0.495. The Balaban J connectivity index is 2.27. The van der Waals surface area contributed by atoms with E-state index >= 15 is 0 Å². The number of oxime groups is 1. The Morgan fingerprint density at radius 1 is 1.28 bits per heavy atom. The predicted octanol–water partition coefficient (Wildman–Crippen LogP) is 2.73. The molecule has 1 amide bonds. The van der Waals surface area contributed by atoms with Crippen molar-refractivity contribution in [1.29, 1.82) is 0 Å². The Kier molecular flexibility index (Phi) is 3.43. The zero-order valence-electron chi connectivity index (χ0n) is 9.75. The minimum Gasteiger partial charge on any atom is -0.459 e. The molecule has 1 aromatic carbocycles. The molecule has 0 fully saturated rings. The van der Waals surface area contributed by atoms with Gasteiger partial charge >= 0.3 is 0 Å². The molecule has 0 spiro atoms. The van der Waals surface area contributed by atoms with Crippen LogP contribution in [-0.4, -0.2) is 16.8 Å². The summed E-state index contributed by atoms with van der Waals surface area (Å²) in [5, 5.41) is 14.6. The molecule has 1 aromatic heterocycles. The standard InChI is InChI=1S/C13H12N2O3/c1-9(15-17)10-5-2-3-6-11(10)14-13(16)12-7-4-8-18-12/h2-8,17H,1H3,(H,14,16)/b15-9+. The van der Waals surface area contributed by atoms with Gasteiger partial charge in [0.15, 0.2) is 5.76 Å². The van der Waals surface area contributed by atoms with E-state index in [1.165, 1.54) is 6.26 Å². The lowest BCUT2D eigenvalue weighted by molar-refractivity contribution is 0.0996. The van der Waals surface area contributed by atoms with Crippen molar-refractivity contribution in [2.24, 2.45) is 5.16 Å². The van der Waals surface area contributed by atoms with Gasteiger partial charge < -0.3 is 14.9 Å². The van der Waals surface area contributed by atoms with Gasteiger partial charge in [-0.15, -0.1) is 0 Å². The molecule has 1 heterocycles. The van der Waals surface area contributed by atoms with Crippen LogP contribution in [0.25, 0.3) is 0 Å². The molecule has 0 aliphatic heterocycles. The molecule has 0 aliphatic carbocycles. The number of furan rings is 1. The Morgan fingerprint density at radius 2 is 2.06 bits per heavy atom. The van der Waals surface area contributed by atoms with Crippen molar-refractivity contribution in [1.82, 2.24) is 0 Å². The molecule has 0 radical (unpaired) electrons. The van der Waals surface area contributed by atoms with Crippen LogP contribution in [0.5, 0.6) is 0 Å². The fraction of sp³-hybridized carbons (Fsp3) is 0.0769. The monoisotopic (exact) mass is 244 g/mol. The van der Waals surface area contributed by atoms with Gasteiger partial charge in [-0.2, -0.15) is 0 Å². The van der Waals surface area contributed by atoms with Gasteiger partial charge in [-0.05, 0) is 25.1 Å². The lowest BCUT2D eigenvalue weighted by atomic mass is 10.1. The summed E-state index contributed by atoms with van der Waals surface area (Å²) in [6, 6.07) is 10.3. The van der Waals surface area contributed by atoms with Crippen LogP contribution in [0.4, 0.5) is 5.69 Å². The van der Waals surface area contributed by atoms with Crippen LogP contribution in [-0.2, 0) is 0 Å². The molecule has 2 rings (SSSR count). The summed E-state index contributed by atoms with van der Waals surface area (Å²) in [7, 11) is 0. The van der Waals surface area contributed by atoms with Crippen molar-refractivity contribution in [3.05, 3.63) is 54.0 Å². The Bertz CT molecular complexity index is 574. The molecule has 0 bridgehead atoms. The third kappa shape index (κ3) is 2.40. The number of anilines is 1. The van der Waals surface area contributed by atoms with Crippen molar-refractivity contribution in [3.8, 4) is 0 Å². The fourth-order valence-electron chi connectivity index (χ4n) is 1.55. The molecule has 2 aromatic rings. The van der Waals surface area contributed by atoms with Gasteiger partial charge in [0.2, 0.25) is 0 Å². The maximum absolute atomic E-state index is 11.8. The largest absolute Gasteiger partial charge is 0.459 e. The first-order valence-electron chi connectivity index (χ1n) is 5.35. The maximum atomic E-state index is 11.8. The number of para-hydroxylation sites is 1. The highest BCUT2D eigenvalue weighted by molar-refractivity contribution is 6.09. The molecule has 0 saturated carbocycles. The van der Waals surface area contributed by atoms with E-state index in [9.17, 15) is 4.79 Å². The van der Waals surface area contributed by atoms with Gasteiger partial charge in [0.1, 0.15) is 0 Å². The van der Waals surface area contributed by atoms with Crippen molar-refractivity contribution < 1.29 is 14.4 Å². The molecule has 0 atom stereocenters. The van der Waals surface area contributed by atoms with E-state index < -0.39 is 0 Å². The number of hydrogen-bond acceptors (Lipinski definition) is 4. The minimum atomic E-state index is -0.349. The minimum absolute atomic E-state index is 0.225. The second-order valence-corrected chi connectivity index (χ2v) is 3.66. The van der Waals surface area contributed by atoms with Gasteiger partial charge in [0, 0.05) is 5.56 Å². The summed E-state index contributed by atoms with van der Waals surface area (Å²) in [5.74, 6) is -0.124. The predicted molar refractivity (Wildman–Crippen MR) is 67.1 cm³/mol. The van der Waals surface area contributed by atoms with E-state index in [1.54, 1.807) is 43.3 Å². The maximum Gasteiger partial charge on any atom is 0.291 e. The molecular weight excluding hydrogens is 232 g/mol. The fourth-order valence-corrected chi connectivity index (χ4v) is 1.55. The number of hydrogen-bond donors (Lipinski definition) is 2. The van der Waals surface area contributed by atoms with E-state index in [4.69, 9.17) is 9.62 Å². The molecule has 5 nitrogen and oxygen atoms in total. The number of nitrogens with zero attached hydrogens (tertiary/aromatic N) is 1. The van der Waals surface area contributed by atoms with Crippen LogP contribution in [0.1, 0.15) is 23.0 Å². The molecule has 2 N–H and O–H groups in total. The summed E-state index contributed by atoms with van der Waals surface area (Å²) >= 11 is 0. The molecule has 0 unspecified atom stereocenters. The first kappa shape index (κ1) is 11.9. The average Bonchev–Trinajstić information content (AvgIpc) is 2.92. The Morgan fingerprint density at radius 3 is 2.72 bits per heavy atom. The zero-order valence-corrected chi connectivity index (χ0v) is 9.75. The molecule has 92 valence electrons. The summed E-state index contributed by atoms with van der Waals surface area (Å²) in [4.78, 5) is 11.8. The van der Waals surface area contributed by atoms with Crippen molar-refractivity contribution >= 4 is 17.3 Å². The Labute approximate surface area is 104 Å². The molecular formula is C13H12N2O3. The van der Waals surface area contributed by atoms with E-state index in [2.05, 4.69) is 10.5 Å². The average molecular weight is 244 g/mol. The highest BCUT2D eigenvalue weighted by Gasteiger charge is 2.12. The van der Waals surface area contributed by atoms with Crippen LogP contribution in [0, 0.1) is 0 Å². The van der Waals surface area contributed by atoms with Gasteiger partial charge in [-0.25, -0.2) is 0 Å². The summed E-state index contributed by atoms with van der Waals surface area (Å²) in [6.07, 6.45) is 1.43. The first-order valence-corrected chi connectivity index (χ1v) is 5.35. The number of rotatable bonds is 3. The van der Waals surface area contributed by atoms with Gasteiger partial charge in [-0.1, -0.05) is 23.4 Å². The second kappa shape index (κ2) is 5.18. The van der Waals surface area contributed by atoms with Crippen LogP contribution >= 0.6 is 0 Å². The normalized spacial score (nSPS) is 11.3. The van der Waals surface area contributed by atoms with Gasteiger partial charge in [0.05, 0.1) is 17.7 Å². The second-order valence-electron chi connectivity index (χ2n) is 3.66. The smallest absolute Gasteiger partial charge is 0.291 e. The number of carbonyl (C=O) groups is 1. The van der Waals surface area contributed by atoms with Crippen LogP contribution in [0.3, 0.4) is 0 Å². The third-order valence-corrected chi connectivity index (χ3v) is 2.46. The molecule has 5 heteroatoms. The molecule has 18 heavy (non-hydrogen) atoms. The number of benzene rings is 1. The SMILES string of the molecule is C/C(=N\O)c1ccccc1NC(=O)c1ccco1. The number of amides is 1. The lowest BCUT2D eigenvalue weighted by Crippen LogP contribution is -2.13. The van der Waals surface area contributed by atoms with Crippen molar-refractivity contribution in [2.75, 3.05) is 5.32 Å². The van der Waals surface area contributed by atoms with E-state index in [0.717, 1.165) is 0 Å². The van der Waals surface area contributed by atoms with Gasteiger partial charge in [-0.3, -0.25) is 4.79 Å². The Hall–Kier alpha value is -2.56. The number of carbonyl (C=O) groups excluding carboxylic acids is 1. The first-order chi connectivity index (χ1) is 8.72. The molecule has 0 aliphatic rings. The molecule has 0 saturated heterocycles. The van der Waals surface area contributed by atoms with Crippen molar-refractivity contribution in [2.45, 2.75) is 6.92 Å². The van der Waals surface area contributed by atoms with Crippen LogP contribution in [0.2, 0.25) is 0 Å². The third-order valence-electron chi connectivity index (χ3n) is 2.46. The topological polar surface area (TPSA) is 74.8 Å². The summed E-state index contributed by atoms with van der Waals surface area (Å²) in [5.41, 5.74) is 1.64. The van der Waals surface area contributed by atoms with E-state index in [1.807, 2.05) is 0 Å². The van der Waals surface area contributed by atoms with Crippen LogP contribution in [0.15, 0.2) is 52.2 Å². The lowest BCUT2D eigenvalue weighted by Gasteiger charge is -2.08. The highest BCUT2D eigenvalue weighted by atomic mass is 16.4. The van der Waals surface area contributed by atoms with Gasteiger partial charge in [0.25, 0.3) is 5.91 Å².